The Kier molecular flexibility index (Phi) is 4.83. The SMILES string of the molecule is CCCN(CCCN)c1cc(=O)[nH]cn1. The maximum absolute atomic E-state index is 11.1. The Morgan fingerprint density at radius 2 is 2.33 bits per heavy atom. The van der Waals surface area contributed by atoms with Gasteiger partial charge < -0.3 is 15.6 Å². The average Bonchev–Trinajstić information content (AvgIpc) is 2.24. The number of nitrogens with two attached hydrogens (primary N) is 1. The van der Waals surface area contributed by atoms with Crippen molar-refractivity contribution in [3.8, 4) is 0 Å². The quantitative estimate of drug-likeness (QED) is 0.709. The fraction of sp³-hybridized carbons (Fsp3) is 0.600. The van der Waals surface area contributed by atoms with E-state index in [2.05, 4.69) is 21.8 Å². The van der Waals surface area contributed by atoms with E-state index in [9.17, 15) is 4.79 Å². The molecule has 0 atom stereocenters. The van der Waals surface area contributed by atoms with E-state index in [4.69, 9.17) is 5.73 Å². The second-order valence-electron chi connectivity index (χ2n) is 3.40. The third-order valence-electron chi connectivity index (χ3n) is 2.11. The van der Waals surface area contributed by atoms with Crippen molar-refractivity contribution in [2.75, 3.05) is 24.5 Å². The molecule has 84 valence electrons. The van der Waals surface area contributed by atoms with E-state index >= 15 is 0 Å². The van der Waals surface area contributed by atoms with Crippen LogP contribution in [0.15, 0.2) is 17.2 Å². The van der Waals surface area contributed by atoms with E-state index in [1.54, 1.807) is 0 Å². The Hall–Kier alpha value is -1.36. The first-order valence-electron chi connectivity index (χ1n) is 5.27. The minimum atomic E-state index is -0.117. The van der Waals surface area contributed by atoms with Crippen LogP contribution in [0.1, 0.15) is 19.8 Å². The van der Waals surface area contributed by atoms with E-state index in [0.717, 1.165) is 31.7 Å². The predicted octanol–water partition coefficient (Wildman–Crippen LogP) is 0.335. The van der Waals surface area contributed by atoms with Crippen LogP contribution in [-0.2, 0) is 0 Å². The molecule has 0 radical (unpaired) electrons. The summed E-state index contributed by atoms with van der Waals surface area (Å²) in [7, 11) is 0. The predicted molar refractivity (Wildman–Crippen MR) is 61.0 cm³/mol. The van der Waals surface area contributed by atoms with Crippen molar-refractivity contribution in [1.82, 2.24) is 9.97 Å². The summed E-state index contributed by atoms with van der Waals surface area (Å²) in [5, 5.41) is 0. The van der Waals surface area contributed by atoms with Crippen LogP contribution < -0.4 is 16.2 Å². The van der Waals surface area contributed by atoms with Gasteiger partial charge in [0.2, 0.25) is 0 Å². The van der Waals surface area contributed by atoms with Crippen LogP contribution in [0.25, 0.3) is 0 Å². The number of aromatic amines is 1. The zero-order chi connectivity index (χ0) is 11.1. The van der Waals surface area contributed by atoms with Gasteiger partial charge in [-0.1, -0.05) is 6.92 Å². The molecule has 1 aromatic heterocycles. The number of nitrogens with one attached hydrogen (secondary N) is 1. The highest BCUT2D eigenvalue weighted by molar-refractivity contribution is 5.36. The molecule has 5 heteroatoms. The fourth-order valence-corrected chi connectivity index (χ4v) is 1.42. The zero-order valence-electron chi connectivity index (χ0n) is 9.07. The molecule has 5 nitrogen and oxygen atoms in total. The molecule has 15 heavy (non-hydrogen) atoms. The van der Waals surface area contributed by atoms with E-state index in [1.165, 1.54) is 12.4 Å². The minimum Gasteiger partial charge on any atom is -0.356 e. The summed E-state index contributed by atoms with van der Waals surface area (Å²) in [5.41, 5.74) is 5.35. The summed E-state index contributed by atoms with van der Waals surface area (Å²) in [6.07, 6.45) is 3.37. The number of anilines is 1. The van der Waals surface area contributed by atoms with Crippen molar-refractivity contribution in [1.29, 1.82) is 0 Å². The van der Waals surface area contributed by atoms with Crippen LogP contribution in [-0.4, -0.2) is 29.6 Å². The first-order chi connectivity index (χ1) is 7.27. The van der Waals surface area contributed by atoms with Crippen LogP contribution >= 0.6 is 0 Å². The molecule has 0 fully saturated rings. The number of nitrogens with zero attached hydrogens (tertiary/aromatic N) is 2. The molecular weight excluding hydrogens is 192 g/mol. The molecule has 1 rings (SSSR count). The molecule has 0 unspecified atom stereocenters. The molecule has 1 aromatic rings. The lowest BCUT2D eigenvalue weighted by Gasteiger charge is -2.22. The lowest BCUT2D eigenvalue weighted by atomic mass is 10.3. The molecular formula is C10H18N4O. The highest BCUT2D eigenvalue weighted by Gasteiger charge is 2.06. The molecule has 0 saturated heterocycles. The van der Waals surface area contributed by atoms with Crippen molar-refractivity contribution in [2.24, 2.45) is 5.73 Å². The summed E-state index contributed by atoms with van der Waals surface area (Å²) in [4.78, 5) is 19.9. The summed E-state index contributed by atoms with van der Waals surface area (Å²) >= 11 is 0. The van der Waals surface area contributed by atoms with Gasteiger partial charge in [0.15, 0.2) is 0 Å². The third kappa shape index (κ3) is 3.71. The van der Waals surface area contributed by atoms with E-state index in [0.29, 0.717) is 6.54 Å². The Morgan fingerprint density at radius 3 is 2.93 bits per heavy atom. The first-order valence-corrected chi connectivity index (χ1v) is 5.27. The summed E-state index contributed by atoms with van der Waals surface area (Å²) < 4.78 is 0. The van der Waals surface area contributed by atoms with Crippen molar-refractivity contribution < 1.29 is 0 Å². The molecule has 0 aliphatic heterocycles. The number of aromatic nitrogens is 2. The van der Waals surface area contributed by atoms with Crippen molar-refractivity contribution >= 4 is 5.82 Å². The van der Waals surface area contributed by atoms with E-state index in [1.807, 2.05) is 0 Å². The van der Waals surface area contributed by atoms with Crippen molar-refractivity contribution in [3.63, 3.8) is 0 Å². The number of H-pyrrole nitrogens is 1. The third-order valence-corrected chi connectivity index (χ3v) is 2.11. The lowest BCUT2D eigenvalue weighted by molar-refractivity contribution is 0.710. The Balaban J connectivity index is 2.73. The largest absolute Gasteiger partial charge is 0.356 e. The summed E-state index contributed by atoms with van der Waals surface area (Å²) in [6.45, 7) is 4.50. The van der Waals surface area contributed by atoms with Crippen LogP contribution in [0.5, 0.6) is 0 Å². The van der Waals surface area contributed by atoms with Gasteiger partial charge in [-0.25, -0.2) is 4.98 Å². The normalized spacial score (nSPS) is 10.3. The van der Waals surface area contributed by atoms with Gasteiger partial charge in [-0.2, -0.15) is 0 Å². The molecule has 3 N–H and O–H groups in total. The van der Waals surface area contributed by atoms with Crippen LogP contribution in [0.3, 0.4) is 0 Å². The number of hydrogen-bond donors (Lipinski definition) is 2. The Bertz CT molecular complexity index is 336. The second kappa shape index (κ2) is 6.19. The van der Waals surface area contributed by atoms with Crippen LogP contribution in [0.4, 0.5) is 5.82 Å². The van der Waals surface area contributed by atoms with Crippen molar-refractivity contribution in [3.05, 3.63) is 22.7 Å². The highest BCUT2D eigenvalue weighted by atomic mass is 16.1. The van der Waals surface area contributed by atoms with Gasteiger partial charge in [0, 0.05) is 19.2 Å². The molecule has 0 saturated carbocycles. The highest BCUT2D eigenvalue weighted by Crippen LogP contribution is 2.07. The number of rotatable bonds is 6. The maximum Gasteiger partial charge on any atom is 0.252 e. The summed E-state index contributed by atoms with van der Waals surface area (Å²) in [5.74, 6) is 0.731. The van der Waals surface area contributed by atoms with Gasteiger partial charge >= 0.3 is 0 Å². The van der Waals surface area contributed by atoms with Gasteiger partial charge in [-0.05, 0) is 19.4 Å². The molecule has 0 amide bonds. The Labute approximate surface area is 89.3 Å². The fourth-order valence-electron chi connectivity index (χ4n) is 1.42. The topological polar surface area (TPSA) is 75.0 Å². The molecule has 0 spiro atoms. The van der Waals surface area contributed by atoms with Crippen LogP contribution in [0, 0.1) is 0 Å². The van der Waals surface area contributed by atoms with E-state index in [-0.39, 0.29) is 5.56 Å². The van der Waals surface area contributed by atoms with Gasteiger partial charge in [0.05, 0.1) is 6.33 Å². The molecule has 0 bridgehead atoms. The molecule has 0 aliphatic carbocycles. The van der Waals surface area contributed by atoms with Gasteiger partial charge in [-0.3, -0.25) is 4.79 Å². The maximum atomic E-state index is 11.1. The molecule has 0 aromatic carbocycles. The first kappa shape index (κ1) is 11.7. The van der Waals surface area contributed by atoms with E-state index < -0.39 is 0 Å². The van der Waals surface area contributed by atoms with Gasteiger partial charge in [0.25, 0.3) is 5.56 Å². The van der Waals surface area contributed by atoms with Crippen LogP contribution in [0.2, 0.25) is 0 Å². The molecule has 0 aliphatic rings. The minimum absolute atomic E-state index is 0.117. The Morgan fingerprint density at radius 1 is 1.53 bits per heavy atom. The van der Waals surface area contributed by atoms with Crippen molar-refractivity contribution in [2.45, 2.75) is 19.8 Å². The van der Waals surface area contributed by atoms with Gasteiger partial charge in [-0.15, -0.1) is 0 Å². The number of hydrogen-bond acceptors (Lipinski definition) is 4. The monoisotopic (exact) mass is 210 g/mol. The average molecular weight is 210 g/mol. The second-order valence-corrected chi connectivity index (χ2v) is 3.40. The summed E-state index contributed by atoms with van der Waals surface area (Å²) in [6, 6.07) is 1.52. The zero-order valence-corrected chi connectivity index (χ0v) is 9.07. The standard InChI is InChI=1S/C10H18N4O/c1-2-5-14(6-3-4-11)9-7-10(15)13-8-12-9/h7-8H,2-6,11H2,1H3,(H,12,13,15). The smallest absolute Gasteiger partial charge is 0.252 e. The molecule has 1 heterocycles. The van der Waals surface area contributed by atoms with Gasteiger partial charge in [0.1, 0.15) is 5.82 Å². The lowest BCUT2D eigenvalue weighted by Crippen LogP contribution is -2.28.